The van der Waals surface area contributed by atoms with Gasteiger partial charge in [-0.05, 0) is 28.9 Å². The van der Waals surface area contributed by atoms with Gasteiger partial charge in [-0.2, -0.15) is 0 Å². The molecule has 1 radical (unpaired) electrons. The van der Waals surface area contributed by atoms with Gasteiger partial charge in [0.2, 0.25) is 0 Å². The van der Waals surface area contributed by atoms with Crippen LogP contribution in [0.3, 0.4) is 0 Å². The fourth-order valence-corrected chi connectivity index (χ4v) is 6.28. The van der Waals surface area contributed by atoms with Gasteiger partial charge in [-0.25, -0.2) is 0 Å². The Balaban J connectivity index is 0.000000188. The Morgan fingerprint density at radius 3 is 2.33 bits per heavy atom. The molecule has 5 nitrogen and oxygen atoms in total. The zero-order valence-corrected chi connectivity index (χ0v) is 28.7. The second-order valence-electron chi connectivity index (χ2n) is 11.9. The maximum absolute atomic E-state index is 6.17. The van der Waals surface area contributed by atoms with Gasteiger partial charge in [-0.3, -0.25) is 9.97 Å². The van der Waals surface area contributed by atoms with Crippen molar-refractivity contribution in [2.24, 2.45) is 7.05 Å². The first-order valence-corrected chi connectivity index (χ1v) is 17.8. The molecule has 0 amide bonds. The summed E-state index contributed by atoms with van der Waals surface area (Å²) in [4.78, 5) is 14.0. The van der Waals surface area contributed by atoms with E-state index in [1.165, 1.54) is 5.19 Å². The Hall–Kier alpha value is -3.90. The van der Waals surface area contributed by atoms with Crippen LogP contribution < -0.4 is 5.19 Å². The number of para-hydroxylation sites is 1. The fourth-order valence-electron chi connectivity index (χ4n) is 5.24. The van der Waals surface area contributed by atoms with E-state index in [1.54, 1.807) is 0 Å². The zero-order valence-electron chi connectivity index (χ0n) is 25.3. The van der Waals surface area contributed by atoms with E-state index in [-0.39, 0.29) is 20.1 Å². The van der Waals surface area contributed by atoms with Crippen LogP contribution in [0.25, 0.3) is 55.6 Å². The van der Waals surface area contributed by atoms with Crippen LogP contribution in [0, 0.1) is 12.1 Å². The molecule has 3 aromatic carbocycles. The summed E-state index contributed by atoms with van der Waals surface area (Å²) in [5.74, 6) is 1.17. The minimum Gasteiger partial charge on any atom is -0.501 e. The number of aromatic nitrogens is 4. The number of rotatable bonds is 4. The molecule has 219 valence electrons. The number of nitrogens with zero attached hydrogens (tertiary/aromatic N) is 4. The predicted molar refractivity (Wildman–Crippen MR) is 176 cm³/mol. The number of pyridine rings is 2. The van der Waals surface area contributed by atoms with Crippen molar-refractivity contribution in [3.05, 3.63) is 109 Å². The van der Waals surface area contributed by atoms with Crippen LogP contribution in [-0.4, -0.2) is 27.6 Å². The van der Waals surface area contributed by atoms with E-state index < -0.39 is 8.07 Å². The van der Waals surface area contributed by atoms with Gasteiger partial charge < -0.3 is 14.0 Å². The van der Waals surface area contributed by atoms with Crippen LogP contribution in [-0.2, 0) is 27.2 Å². The van der Waals surface area contributed by atoms with E-state index in [2.05, 4.69) is 84.4 Å². The monoisotopic (exact) mass is 759 g/mol. The summed E-state index contributed by atoms with van der Waals surface area (Å²) < 4.78 is 8.27. The molecule has 0 aliphatic heterocycles. The van der Waals surface area contributed by atoms with E-state index in [0.717, 1.165) is 61.3 Å². The molecule has 43 heavy (non-hydrogen) atoms. The molecule has 7 aromatic rings. The van der Waals surface area contributed by atoms with Gasteiger partial charge in [0.15, 0.2) is 0 Å². The molecule has 0 atom stereocenters. The van der Waals surface area contributed by atoms with Crippen LogP contribution >= 0.6 is 0 Å². The SMILES string of the molecule is CC(C)c1nccc2nc(-c3[c-]ccc4c3oc3ccccc34)n(C)c12.C[Si](C)(C)c1ccc(-c2[c-]cccc2)nc1.[Ir]. The van der Waals surface area contributed by atoms with Crippen LogP contribution in [0.1, 0.15) is 25.5 Å². The summed E-state index contributed by atoms with van der Waals surface area (Å²) in [6.45, 7) is 11.3. The maximum Gasteiger partial charge on any atom is 0.120 e. The number of benzene rings is 3. The Labute approximate surface area is 267 Å². The van der Waals surface area contributed by atoms with E-state index in [9.17, 15) is 0 Å². The molecule has 0 saturated carbocycles. The van der Waals surface area contributed by atoms with Gasteiger partial charge >= 0.3 is 0 Å². The van der Waals surface area contributed by atoms with Crippen molar-refractivity contribution in [1.82, 2.24) is 19.5 Å². The van der Waals surface area contributed by atoms with Gasteiger partial charge in [0.1, 0.15) is 5.58 Å². The van der Waals surface area contributed by atoms with Gasteiger partial charge in [0.05, 0.1) is 36.2 Å². The molecule has 0 aliphatic carbocycles. The zero-order chi connectivity index (χ0) is 29.4. The fraction of sp³-hybridized carbons (Fsp3) is 0.194. The average Bonchev–Trinajstić information content (AvgIpc) is 3.55. The standard InChI is InChI=1S/C22H18N3O.C14H16NSi.Ir/c1-13(2)19-20-17(11-12-23-19)24-22(25(20)3)16-9-6-8-15-14-7-4-5-10-18(14)26-21(15)16;1-16(2,3)13-9-10-14(15-11-13)12-7-5-4-6-8-12;/h4-8,10-13H,1-3H3;4-7,9-11H,1-3H3;/q2*-1;. The van der Waals surface area contributed by atoms with Crippen molar-refractivity contribution < 1.29 is 24.5 Å². The molecule has 7 heteroatoms. The van der Waals surface area contributed by atoms with Crippen molar-refractivity contribution >= 4 is 46.2 Å². The van der Waals surface area contributed by atoms with Crippen molar-refractivity contribution in [1.29, 1.82) is 0 Å². The van der Waals surface area contributed by atoms with Crippen LogP contribution in [0.5, 0.6) is 0 Å². The first-order chi connectivity index (χ1) is 20.2. The molecular weight excluding hydrogens is 725 g/mol. The van der Waals surface area contributed by atoms with Crippen LogP contribution in [0.15, 0.2) is 95.7 Å². The number of fused-ring (bicyclic) bond motifs is 4. The third-order valence-corrected chi connectivity index (χ3v) is 9.56. The van der Waals surface area contributed by atoms with E-state index in [4.69, 9.17) is 9.40 Å². The average molecular weight is 759 g/mol. The Kier molecular flexibility index (Phi) is 8.79. The maximum atomic E-state index is 6.17. The van der Waals surface area contributed by atoms with Crippen molar-refractivity contribution in [3.8, 4) is 22.6 Å². The minimum absolute atomic E-state index is 0. The molecule has 0 fully saturated rings. The number of aryl methyl sites for hydroxylation is 1. The Morgan fingerprint density at radius 1 is 0.837 bits per heavy atom. The summed E-state index contributed by atoms with van der Waals surface area (Å²) in [5, 5.41) is 3.59. The molecule has 0 bridgehead atoms. The second-order valence-corrected chi connectivity index (χ2v) is 16.9. The third-order valence-electron chi connectivity index (χ3n) is 7.53. The van der Waals surface area contributed by atoms with Crippen molar-refractivity contribution in [3.63, 3.8) is 0 Å². The second kappa shape index (κ2) is 12.4. The molecule has 0 N–H and O–H groups in total. The molecule has 0 unspecified atom stereocenters. The Bertz CT molecular complexity index is 2010. The molecule has 7 rings (SSSR count). The summed E-state index contributed by atoms with van der Waals surface area (Å²) >= 11 is 0. The first kappa shape index (κ1) is 30.6. The van der Waals surface area contributed by atoms with Gasteiger partial charge in [0, 0.05) is 44.9 Å². The van der Waals surface area contributed by atoms with Crippen molar-refractivity contribution in [2.45, 2.75) is 39.4 Å². The third kappa shape index (κ3) is 5.98. The number of furan rings is 1. The Morgan fingerprint density at radius 2 is 1.63 bits per heavy atom. The molecule has 4 aromatic heterocycles. The van der Waals surface area contributed by atoms with E-state index in [0.29, 0.717) is 5.92 Å². The smallest absolute Gasteiger partial charge is 0.120 e. The van der Waals surface area contributed by atoms with Gasteiger partial charge in [-0.1, -0.05) is 74.8 Å². The quantitative estimate of drug-likeness (QED) is 0.133. The predicted octanol–water partition coefficient (Wildman–Crippen LogP) is 8.55. The largest absolute Gasteiger partial charge is 0.501 e. The summed E-state index contributed by atoms with van der Waals surface area (Å²) in [5.41, 5.74) is 7.72. The van der Waals surface area contributed by atoms with Crippen LogP contribution in [0.2, 0.25) is 19.6 Å². The molecule has 0 spiro atoms. The van der Waals surface area contributed by atoms with E-state index in [1.807, 2.05) is 74.0 Å². The molecular formula is C36H34IrN4OSi-2. The number of hydrogen-bond donors (Lipinski definition) is 0. The van der Waals surface area contributed by atoms with Crippen molar-refractivity contribution in [2.75, 3.05) is 0 Å². The van der Waals surface area contributed by atoms with Crippen LogP contribution in [0.4, 0.5) is 0 Å². The van der Waals surface area contributed by atoms with Gasteiger partial charge in [-0.15, -0.1) is 54.1 Å². The molecule has 4 heterocycles. The summed E-state index contributed by atoms with van der Waals surface area (Å²) in [6.07, 6.45) is 3.85. The normalized spacial score (nSPS) is 11.5. The first-order valence-electron chi connectivity index (χ1n) is 14.3. The number of imidazole rings is 1. The molecule has 0 saturated heterocycles. The number of hydrogen-bond acceptors (Lipinski definition) is 4. The summed E-state index contributed by atoms with van der Waals surface area (Å²) in [6, 6.07) is 32.8. The summed E-state index contributed by atoms with van der Waals surface area (Å²) in [7, 11) is 0.805. The van der Waals surface area contributed by atoms with E-state index >= 15 is 0 Å². The minimum atomic E-state index is -1.23. The van der Waals surface area contributed by atoms with Gasteiger partial charge in [0.25, 0.3) is 0 Å². The molecule has 0 aliphatic rings. The topological polar surface area (TPSA) is 56.7 Å².